The number of ketones is 1. The minimum atomic E-state index is -0.840. The van der Waals surface area contributed by atoms with Crippen LogP contribution >= 0.6 is 0 Å². The Hall–Kier alpha value is -4.72. The Bertz CT molecular complexity index is 1220. The largest absolute Gasteiger partial charge is 0.458 e. The van der Waals surface area contributed by atoms with Crippen LogP contribution in [0.4, 0.5) is 10.5 Å². The summed E-state index contributed by atoms with van der Waals surface area (Å²) in [7, 11) is 0. The average Bonchev–Trinajstić information content (AvgIpc) is 2.87. The molecule has 3 rings (SSSR count). The highest BCUT2D eigenvalue weighted by Gasteiger charge is 2.24. The van der Waals surface area contributed by atoms with Crippen molar-refractivity contribution in [1.29, 1.82) is 0 Å². The van der Waals surface area contributed by atoms with Gasteiger partial charge >= 0.3 is 12.0 Å². The molecule has 0 aliphatic carbocycles. The number of anilines is 1. The molecule has 0 unspecified atom stereocenters. The Morgan fingerprint density at radius 3 is 2.21 bits per heavy atom. The summed E-state index contributed by atoms with van der Waals surface area (Å²) in [5, 5.41) is 2.39. The van der Waals surface area contributed by atoms with Gasteiger partial charge in [-0.05, 0) is 24.3 Å². The second-order valence-electron chi connectivity index (χ2n) is 7.11. The first-order chi connectivity index (χ1) is 16.4. The molecule has 0 aliphatic rings. The van der Waals surface area contributed by atoms with Gasteiger partial charge in [0.1, 0.15) is 6.61 Å². The van der Waals surface area contributed by atoms with Gasteiger partial charge in [0.05, 0.1) is 17.8 Å². The monoisotopic (exact) mass is 457 g/mol. The molecule has 0 aromatic heterocycles. The smallest absolute Gasteiger partial charge is 0.338 e. The number of urea groups is 1. The van der Waals surface area contributed by atoms with Crippen LogP contribution in [0.1, 0.15) is 36.6 Å². The summed E-state index contributed by atoms with van der Waals surface area (Å²) in [5.74, 6) is -1.49. The molecule has 34 heavy (non-hydrogen) atoms. The molecular formula is C26H23N3O5. The van der Waals surface area contributed by atoms with E-state index < -0.39 is 17.9 Å². The fourth-order valence-corrected chi connectivity index (χ4v) is 3.21. The number of rotatable bonds is 9. The van der Waals surface area contributed by atoms with Gasteiger partial charge in [-0.2, -0.15) is 0 Å². The number of amides is 3. The highest BCUT2D eigenvalue weighted by Crippen LogP contribution is 2.22. The molecule has 0 bridgehead atoms. The van der Waals surface area contributed by atoms with Crippen LogP contribution in [0.25, 0.3) is 0 Å². The van der Waals surface area contributed by atoms with Crippen LogP contribution in [0.2, 0.25) is 0 Å². The quantitative estimate of drug-likeness (QED) is 0.221. The second-order valence-corrected chi connectivity index (χ2v) is 7.11. The Labute approximate surface area is 196 Å². The molecule has 8 heteroatoms. The molecule has 3 amide bonds. The van der Waals surface area contributed by atoms with Gasteiger partial charge in [-0.25, -0.2) is 9.59 Å². The summed E-state index contributed by atoms with van der Waals surface area (Å²) in [5.41, 5.74) is 6.47. The molecule has 0 heterocycles. The van der Waals surface area contributed by atoms with Crippen molar-refractivity contribution < 1.29 is 23.9 Å². The fraction of sp³-hybridized carbons (Fsp3) is 0.0769. The number of ether oxygens (including phenoxy) is 1. The van der Waals surface area contributed by atoms with Crippen LogP contribution in [-0.4, -0.2) is 37.0 Å². The molecule has 3 aromatic rings. The van der Waals surface area contributed by atoms with E-state index in [-0.39, 0.29) is 35.7 Å². The van der Waals surface area contributed by atoms with Gasteiger partial charge in [0.2, 0.25) is 0 Å². The predicted octanol–water partition coefficient (Wildman–Crippen LogP) is 3.53. The van der Waals surface area contributed by atoms with Crippen molar-refractivity contribution in [1.82, 2.24) is 5.32 Å². The number of carbonyl (C=O) groups excluding carboxylic acids is 4. The fourth-order valence-electron chi connectivity index (χ4n) is 3.21. The summed E-state index contributed by atoms with van der Waals surface area (Å²) < 4.78 is 5.06. The number of carbonyl (C=O) groups is 4. The number of esters is 1. The lowest BCUT2D eigenvalue weighted by atomic mass is 9.97. The first-order valence-corrected chi connectivity index (χ1v) is 10.3. The van der Waals surface area contributed by atoms with E-state index in [1.807, 2.05) is 0 Å². The van der Waals surface area contributed by atoms with E-state index in [1.54, 1.807) is 60.7 Å². The topological polar surface area (TPSA) is 119 Å². The number of hydrogen-bond acceptors (Lipinski definition) is 5. The maximum absolute atomic E-state index is 13.6. The summed E-state index contributed by atoms with van der Waals surface area (Å²) in [6.07, 6.45) is 1.44. The van der Waals surface area contributed by atoms with Crippen LogP contribution < -0.4 is 16.0 Å². The van der Waals surface area contributed by atoms with Gasteiger partial charge in [0.25, 0.3) is 5.91 Å². The maximum Gasteiger partial charge on any atom is 0.338 e. The Kier molecular flexibility index (Phi) is 7.91. The SMILES string of the molecule is C=CCOC(=O)c1cccc(N(CNC(N)=O)C(=O)c2ccccc2C(=O)c2ccccc2)c1. The molecule has 3 N–H and O–H groups in total. The molecule has 0 aliphatic heterocycles. The van der Waals surface area contributed by atoms with Crippen LogP contribution in [0, 0.1) is 0 Å². The number of nitrogens with one attached hydrogen (secondary N) is 1. The lowest BCUT2D eigenvalue weighted by Crippen LogP contribution is -2.44. The number of primary amides is 1. The summed E-state index contributed by atoms with van der Waals surface area (Å²) in [6, 6.07) is 20.3. The van der Waals surface area contributed by atoms with E-state index in [0.29, 0.717) is 11.3 Å². The van der Waals surface area contributed by atoms with Crippen molar-refractivity contribution in [2.45, 2.75) is 0 Å². The van der Waals surface area contributed by atoms with E-state index in [9.17, 15) is 19.2 Å². The van der Waals surface area contributed by atoms with Crippen molar-refractivity contribution in [3.05, 3.63) is 114 Å². The molecule has 0 saturated heterocycles. The first-order valence-electron chi connectivity index (χ1n) is 10.3. The Balaban J connectivity index is 2.01. The lowest BCUT2D eigenvalue weighted by Gasteiger charge is -2.24. The Morgan fingerprint density at radius 2 is 1.53 bits per heavy atom. The van der Waals surface area contributed by atoms with Gasteiger partial charge in [-0.15, -0.1) is 0 Å². The third-order valence-electron chi connectivity index (χ3n) is 4.82. The zero-order valence-electron chi connectivity index (χ0n) is 18.3. The molecule has 8 nitrogen and oxygen atoms in total. The third-order valence-corrected chi connectivity index (χ3v) is 4.82. The van der Waals surface area contributed by atoms with Gasteiger partial charge in [0.15, 0.2) is 5.78 Å². The summed E-state index contributed by atoms with van der Waals surface area (Å²) in [6.45, 7) is 3.25. The number of hydrogen-bond donors (Lipinski definition) is 2. The van der Waals surface area contributed by atoms with Crippen molar-refractivity contribution >= 4 is 29.4 Å². The Morgan fingerprint density at radius 1 is 0.882 bits per heavy atom. The van der Waals surface area contributed by atoms with Crippen molar-refractivity contribution in [2.24, 2.45) is 5.73 Å². The van der Waals surface area contributed by atoms with E-state index >= 15 is 0 Å². The molecule has 0 atom stereocenters. The van der Waals surface area contributed by atoms with E-state index in [2.05, 4.69) is 11.9 Å². The number of nitrogens with two attached hydrogens (primary N) is 1. The zero-order chi connectivity index (χ0) is 24.5. The molecule has 3 aromatic carbocycles. The van der Waals surface area contributed by atoms with Crippen LogP contribution in [0.5, 0.6) is 0 Å². The van der Waals surface area contributed by atoms with Crippen molar-refractivity contribution in [2.75, 3.05) is 18.2 Å². The second kappa shape index (κ2) is 11.2. The predicted molar refractivity (Wildman–Crippen MR) is 128 cm³/mol. The van der Waals surface area contributed by atoms with Crippen LogP contribution in [0.15, 0.2) is 91.5 Å². The van der Waals surface area contributed by atoms with E-state index in [0.717, 1.165) is 0 Å². The van der Waals surface area contributed by atoms with Gasteiger partial charge in [0, 0.05) is 16.8 Å². The minimum Gasteiger partial charge on any atom is -0.458 e. The lowest BCUT2D eigenvalue weighted by molar-refractivity contribution is 0.0549. The standard InChI is InChI=1S/C26H23N3O5/c1-2-15-34-25(32)19-11-8-12-20(16-19)29(17-28-26(27)33)24(31)22-14-7-6-13-21(22)23(30)18-9-4-3-5-10-18/h2-14,16H,1,15,17H2,(H3,27,28,33). The number of benzene rings is 3. The molecule has 172 valence electrons. The molecule has 0 saturated carbocycles. The van der Waals surface area contributed by atoms with Gasteiger partial charge in [-0.3, -0.25) is 14.5 Å². The van der Waals surface area contributed by atoms with Crippen LogP contribution in [0.3, 0.4) is 0 Å². The van der Waals surface area contributed by atoms with E-state index in [4.69, 9.17) is 10.5 Å². The average molecular weight is 457 g/mol. The number of nitrogens with zero attached hydrogens (tertiary/aromatic N) is 1. The van der Waals surface area contributed by atoms with Gasteiger partial charge in [-0.1, -0.05) is 67.3 Å². The third kappa shape index (κ3) is 5.74. The molecule has 0 fully saturated rings. The van der Waals surface area contributed by atoms with Crippen LogP contribution in [-0.2, 0) is 4.74 Å². The maximum atomic E-state index is 13.6. The zero-order valence-corrected chi connectivity index (χ0v) is 18.3. The molecule has 0 spiro atoms. The van der Waals surface area contributed by atoms with Gasteiger partial charge < -0.3 is 15.8 Å². The van der Waals surface area contributed by atoms with E-state index in [1.165, 1.54) is 29.2 Å². The van der Waals surface area contributed by atoms with Crippen molar-refractivity contribution in [3.8, 4) is 0 Å². The normalized spacial score (nSPS) is 10.1. The highest BCUT2D eigenvalue weighted by atomic mass is 16.5. The highest BCUT2D eigenvalue weighted by molar-refractivity contribution is 6.18. The van der Waals surface area contributed by atoms with Crippen molar-refractivity contribution in [3.63, 3.8) is 0 Å². The minimum absolute atomic E-state index is 0.0317. The summed E-state index contributed by atoms with van der Waals surface area (Å²) in [4.78, 5) is 51.6. The first kappa shape index (κ1) is 23.9. The molecule has 0 radical (unpaired) electrons. The molecular weight excluding hydrogens is 434 g/mol. The summed E-state index contributed by atoms with van der Waals surface area (Å²) >= 11 is 0.